The second-order valence-corrected chi connectivity index (χ2v) is 2.93. The lowest BCUT2D eigenvalue weighted by Gasteiger charge is -2.18. The molecule has 4 heteroatoms. The van der Waals surface area contributed by atoms with Crippen LogP contribution in [0, 0.1) is 12.3 Å². The molecule has 0 saturated carbocycles. The summed E-state index contributed by atoms with van der Waals surface area (Å²) >= 11 is 0. The molecular weight excluding hydrogens is 168 g/mol. The van der Waals surface area contributed by atoms with Gasteiger partial charge in [-0.15, -0.1) is 6.42 Å². The number of hydrogen-bond acceptors (Lipinski definition) is 3. The zero-order valence-electron chi connectivity index (χ0n) is 8.08. The van der Waals surface area contributed by atoms with Crippen LogP contribution in [-0.2, 0) is 4.79 Å². The molecule has 13 heavy (non-hydrogen) atoms. The van der Waals surface area contributed by atoms with Crippen molar-refractivity contribution < 1.29 is 9.90 Å². The highest BCUT2D eigenvalue weighted by Gasteiger charge is 2.09. The molecule has 1 unspecified atom stereocenters. The monoisotopic (exact) mass is 184 g/mol. The quantitative estimate of drug-likeness (QED) is 0.428. The van der Waals surface area contributed by atoms with Gasteiger partial charge in [0.25, 0.3) is 0 Å². The first-order valence-corrected chi connectivity index (χ1v) is 4.14. The van der Waals surface area contributed by atoms with Crippen molar-refractivity contribution in [3.63, 3.8) is 0 Å². The van der Waals surface area contributed by atoms with Crippen LogP contribution in [0.4, 0.5) is 0 Å². The molecule has 0 radical (unpaired) electrons. The van der Waals surface area contributed by atoms with Gasteiger partial charge in [0.15, 0.2) is 0 Å². The number of terminal acetylenes is 1. The van der Waals surface area contributed by atoms with Crippen LogP contribution in [0.25, 0.3) is 0 Å². The molecule has 2 N–H and O–H groups in total. The Balaban J connectivity index is 3.64. The largest absolute Gasteiger partial charge is 0.392 e. The highest BCUT2D eigenvalue weighted by Crippen LogP contribution is 1.88. The first-order chi connectivity index (χ1) is 6.07. The van der Waals surface area contributed by atoms with E-state index in [1.807, 2.05) is 0 Å². The van der Waals surface area contributed by atoms with Crippen molar-refractivity contribution in [2.45, 2.75) is 13.0 Å². The minimum absolute atomic E-state index is 0.0730. The van der Waals surface area contributed by atoms with E-state index in [1.54, 1.807) is 14.0 Å². The SMILES string of the molecule is C#CCNCC(=O)N(C)CC(C)O. The number of carbonyl (C=O) groups is 1. The van der Waals surface area contributed by atoms with Gasteiger partial charge in [-0.3, -0.25) is 10.1 Å². The zero-order chi connectivity index (χ0) is 10.3. The first kappa shape index (κ1) is 11.9. The molecule has 0 fully saturated rings. The van der Waals surface area contributed by atoms with Crippen LogP contribution in [0.1, 0.15) is 6.92 Å². The van der Waals surface area contributed by atoms with Gasteiger partial charge in [-0.1, -0.05) is 5.92 Å². The fraction of sp³-hybridized carbons (Fsp3) is 0.667. The van der Waals surface area contributed by atoms with Crippen LogP contribution in [0.3, 0.4) is 0 Å². The van der Waals surface area contributed by atoms with Crippen LogP contribution in [0.2, 0.25) is 0 Å². The Morgan fingerprint density at radius 2 is 2.38 bits per heavy atom. The molecule has 74 valence electrons. The smallest absolute Gasteiger partial charge is 0.236 e. The van der Waals surface area contributed by atoms with Crippen LogP contribution >= 0.6 is 0 Å². The summed E-state index contributed by atoms with van der Waals surface area (Å²) in [6.45, 7) is 2.58. The van der Waals surface area contributed by atoms with Crippen molar-refractivity contribution in [3.8, 4) is 12.3 Å². The van der Waals surface area contributed by atoms with E-state index in [9.17, 15) is 4.79 Å². The maximum atomic E-state index is 11.2. The zero-order valence-corrected chi connectivity index (χ0v) is 8.08. The standard InChI is InChI=1S/C9H16N2O2/c1-4-5-10-6-9(13)11(3)7-8(2)12/h1,8,10,12H,5-7H2,2-3H3. The lowest BCUT2D eigenvalue weighted by Crippen LogP contribution is -2.39. The van der Waals surface area contributed by atoms with Crippen molar-refractivity contribution in [1.29, 1.82) is 0 Å². The Kier molecular flexibility index (Phi) is 5.94. The van der Waals surface area contributed by atoms with E-state index in [4.69, 9.17) is 11.5 Å². The van der Waals surface area contributed by atoms with Gasteiger partial charge >= 0.3 is 0 Å². The minimum atomic E-state index is -0.499. The molecule has 1 atom stereocenters. The molecular formula is C9H16N2O2. The van der Waals surface area contributed by atoms with E-state index in [2.05, 4.69) is 11.2 Å². The minimum Gasteiger partial charge on any atom is -0.392 e. The van der Waals surface area contributed by atoms with E-state index < -0.39 is 6.10 Å². The van der Waals surface area contributed by atoms with Gasteiger partial charge in [0.2, 0.25) is 5.91 Å². The van der Waals surface area contributed by atoms with Crippen molar-refractivity contribution in [3.05, 3.63) is 0 Å². The van der Waals surface area contributed by atoms with Crippen LogP contribution in [-0.4, -0.2) is 48.7 Å². The molecule has 0 saturated heterocycles. The van der Waals surface area contributed by atoms with Gasteiger partial charge < -0.3 is 10.0 Å². The molecule has 0 rings (SSSR count). The maximum absolute atomic E-state index is 11.2. The second kappa shape index (κ2) is 6.46. The second-order valence-electron chi connectivity index (χ2n) is 2.93. The Hall–Kier alpha value is -1.05. The number of carbonyl (C=O) groups excluding carboxylic acids is 1. The highest BCUT2D eigenvalue weighted by atomic mass is 16.3. The fourth-order valence-electron chi connectivity index (χ4n) is 0.875. The summed E-state index contributed by atoms with van der Waals surface area (Å²) in [5.74, 6) is 2.30. The predicted molar refractivity (Wildman–Crippen MR) is 51.0 cm³/mol. The van der Waals surface area contributed by atoms with Crippen LogP contribution in [0.5, 0.6) is 0 Å². The fourth-order valence-corrected chi connectivity index (χ4v) is 0.875. The number of aliphatic hydroxyl groups excluding tert-OH is 1. The molecule has 0 aliphatic heterocycles. The van der Waals surface area contributed by atoms with Crippen molar-refractivity contribution >= 4 is 5.91 Å². The summed E-state index contributed by atoms with van der Waals surface area (Å²) in [6, 6.07) is 0. The number of likely N-dealkylation sites (N-methyl/N-ethyl adjacent to an activating group) is 1. The number of nitrogens with one attached hydrogen (secondary N) is 1. The van der Waals surface area contributed by atoms with E-state index in [0.717, 1.165) is 0 Å². The number of hydrogen-bond donors (Lipinski definition) is 2. The van der Waals surface area contributed by atoms with E-state index >= 15 is 0 Å². The third kappa shape index (κ3) is 6.14. The van der Waals surface area contributed by atoms with Gasteiger partial charge in [-0.05, 0) is 6.92 Å². The molecule has 4 nitrogen and oxygen atoms in total. The topological polar surface area (TPSA) is 52.6 Å². The summed E-state index contributed by atoms with van der Waals surface area (Å²) in [6.07, 6.45) is 4.50. The molecule has 0 aliphatic carbocycles. The molecule has 0 aromatic heterocycles. The Bertz CT molecular complexity index is 196. The van der Waals surface area contributed by atoms with E-state index in [0.29, 0.717) is 13.1 Å². The highest BCUT2D eigenvalue weighted by molar-refractivity contribution is 5.78. The van der Waals surface area contributed by atoms with Crippen molar-refractivity contribution in [1.82, 2.24) is 10.2 Å². The molecule has 0 aromatic carbocycles. The summed E-state index contributed by atoms with van der Waals surface area (Å²) in [4.78, 5) is 12.7. The molecule has 0 spiro atoms. The molecule has 0 aromatic rings. The molecule has 0 heterocycles. The summed E-state index contributed by atoms with van der Waals surface area (Å²) in [5.41, 5.74) is 0. The Morgan fingerprint density at radius 1 is 1.77 bits per heavy atom. The Labute approximate surface area is 78.9 Å². The van der Waals surface area contributed by atoms with Gasteiger partial charge in [0, 0.05) is 13.6 Å². The normalized spacial score (nSPS) is 11.8. The predicted octanol–water partition coefficient (Wildman–Crippen LogP) is -0.952. The van der Waals surface area contributed by atoms with E-state index in [-0.39, 0.29) is 12.5 Å². The third-order valence-corrected chi connectivity index (χ3v) is 1.47. The number of nitrogens with zero attached hydrogens (tertiary/aromatic N) is 1. The van der Waals surface area contributed by atoms with E-state index in [1.165, 1.54) is 4.90 Å². The lowest BCUT2D eigenvalue weighted by atomic mass is 10.3. The molecule has 0 bridgehead atoms. The van der Waals surface area contributed by atoms with Crippen LogP contribution in [0.15, 0.2) is 0 Å². The maximum Gasteiger partial charge on any atom is 0.236 e. The average molecular weight is 184 g/mol. The van der Waals surface area contributed by atoms with Crippen LogP contribution < -0.4 is 5.32 Å². The molecule has 0 aliphatic rings. The molecule has 1 amide bonds. The first-order valence-electron chi connectivity index (χ1n) is 4.14. The van der Waals surface area contributed by atoms with Gasteiger partial charge in [0.1, 0.15) is 0 Å². The van der Waals surface area contributed by atoms with Gasteiger partial charge in [0.05, 0.1) is 19.2 Å². The third-order valence-electron chi connectivity index (χ3n) is 1.47. The van der Waals surface area contributed by atoms with Crippen molar-refractivity contribution in [2.75, 3.05) is 26.7 Å². The number of amides is 1. The summed E-state index contributed by atoms with van der Waals surface area (Å²) < 4.78 is 0. The Morgan fingerprint density at radius 3 is 2.85 bits per heavy atom. The average Bonchev–Trinajstić information content (AvgIpc) is 2.03. The number of rotatable bonds is 5. The summed E-state index contributed by atoms with van der Waals surface area (Å²) in [7, 11) is 1.65. The van der Waals surface area contributed by atoms with Crippen molar-refractivity contribution in [2.24, 2.45) is 0 Å². The summed E-state index contributed by atoms with van der Waals surface area (Å²) in [5, 5.41) is 11.8. The van der Waals surface area contributed by atoms with Gasteiger partial charge in [-0.25, -0.2) is 0 Å². The lowest BCUT2D eigenvalue weighted by molar-refractivity contribution is -0.130. The number of aliphatic hydroxyl groups is 1. The van der Waals surface area contributed by atoms with Gasteiger partial charge in [-0.2, -0.15) is 0 Å².